The topological polar surface area (TPSA) is 55.1 Å². The molecule has 1 fully saturated rings. The number of nitrogens with two attached hydrogens (primary N) is 1. The van der Waals surface area contributed by atoms with Crippen LogP contribution in [-0.4, -0.2) is 5.91 Å². The van der Waals surface area contributed by atoms with Gasteiger partial charge in [-0.25, -0.2) is 0 Å². The van der Waals surface area contributed by atoms with Crippen molar-refractivity contribution >= 4 is 5.91 Å². The third-order valence-corrected chi connectivity index (χ3v) is 3.62. The summed E-state index contributed by atoms with van der Waals surface area (Å²) in [4.78, 5) is 11.9. The number of hydrogen-bond donors (Lipinski definition) is 2. The summed E-state index contributed by atoms with van der Waals surface area (Å²) >= 11 is 0. The first-order valence-corrected chi connectivity index (χ1v) is 6.09. The SMILES string of the molecule is CC1(C)CC1C(=O)NCc1ccccc1CN. The molecule has 0 aliphatic heterocycles. The number of hydrogen-bond acceptors (Lipinski definition) is 2. The first-order valence-electron chi connectivity index (χ1n) is 6.09. The van der Waals surface area contributed by atoms with E-state index in [-0.39, 0.29) is 17.2 Å². The first-order chi connectivity index (χ1) is 8.04. The molecule has 1 atom stereocenters. The monoisotopic (exact) mass is 232 g/mol. The van der Waals surface area contributed by atoms with E-state index in [2.05, 4.69) is 19.2 Å². The highest BCUT2D eigenvalue weighted by atomic mass is 16.2. The molecule has 0 heterocycles. The molecule has 3 heteroatoms. The van der Waals surface area contributed by atoms with Gasteiger partial charge < -0.3 is 11.1 Å². The lowest BCUT2D eigenvalue weighted by Crippen LogP contribution is -2.26. The second-order valence-electron chi connectivity index (χ2n) is 5.44. The van der Waals surface area contributed by atoms with E-state index in [1.54, 1.807) is 0 Å². The zero-order chi connectivity index (χ0) is 12.5. The van der Waals surface area contributed by atoms with Gasteiger partial charge in [-0.1, -0.05) is 38.1 Å². The fourth-order valence-corrected chi connectivity index (χ4v) is 2.15. The van der Waals surface area contributed by atoms with Crippen molar-refractivity contribution in [2.24, 2.45) is 17.1 Å². The minimum atomic E-state index is 0.168. The number of rotatable bonds is 4. The van der Waals surface area contributed by atoms with E-state index in [0.29, 0.717) is 13.1 Å². The Morgan fingerprint density at radius 3 is 2.53 bits per heavy atom. The van der Waals surface area contributed by atoms with Crippen molar-refractivity contribution in [3.63, 3.8) is 0 Å². The number of carbonyl (C=O) groups is 1. The van der Waals surface area contributed by atoms with E-state index < -0.39 is 0 Å². The average molecular weight is 232 g/mol. The molecule has 3 N–H and O–H groups in total. The molecule has 1 aliphatic carbocycles. The Labute approximate surface area is 102 Å². The third-order valence-electron chi connectivity index (χ3n) is 3.62. The van der Waals surface area contributed by atoms with Crippen molar-refractivity contribution < 1.29 is 4.79 Å². The molecule has 2 rings (SSSR count). The average Bonchev–Trinajstić information content (AvgIpc) is 2.96. The van der Waals surface area contributed by atoms with Gasteiger partial charge in [0.1, 0.15) is 0 Å². The summed E-state index contributed by atoms with van der Waals surface area (Å²) in [5.41, 5.74) is 8.06. The molecule has 0 bridgehead atoms. The second kappa shape index (κ2) is 4.49. The van der Waals surface area contributed by atoms with E-state index in [1.807, 2.05) is 24.3 Å². The number of amides is 1. The van der Waals surface area contributed by atoms with Gasteiger partial charge in [0.2, 0.25) is 5.91 Å². The fraction of sp³-hybridized carbons (Fsp3) is 0.500. The maximum absolute atomic E-state index is 11.9. The molecular weight excluding hydrogens is 212 g/mol. The molecule has 1 aliphatic rings. The van der Waals surface area contributed by atoms with Crippen LogP contribution in [0.2, 0.25) is 0 Å². The summed E-state index contributed by atoms with van der Waals surface area (Å²) < 4.78 is 0. The molecule has 0 saturated heterocycles. The highest BCUT2D eigenvalue weighted by Crippen LogP contribution is 2.51. The second-order valence-corrected chi connectivity index (χ2v) is 5.44. The Morgan fingerprint density at radius 2 is 2.00 bits per heavy atom. The van der Waals surface area contributed by atoms with Crippen LogP contribution in [0.3, 0.4) is 0 Å². The van der Waals surface area contributed by atoms with Gasteiger partial charge in [-0.15, -0.1) is 0 Å². The molecule has 3 nitrogen and oxygen atoms in total. The van der Waals surface area contributed by atoms with E-state index >= 15 is 0 Å². The Kier molecular flexibility index (Phi) is 3.20. The Bertz CT molecular complexity index is 426. The van der Waals surface area contributed by atoms with Crippen molar-refractivity contribution in [1.82, 2.24) is 5.32 Å². The van der Waals surface area contributed by atoms with Gasteiger partial charge in [0, 0.05) is 19.0 Å². The minimum absolute atomic E-state index is 0.168. The quantitative estimate of drug-likeness (QED) is 0.831. The zero-order valence-electron chi connectivity index (χ0n) is 10.5. The first kappa shape index (κ1) is 12.1. The fourth-order valence-electron chi connectivity index (χ4n) is 2.15. The van der Waals surface area contributed by atoms with Crippen LogP contribution in [-0.2, 0) is 17.9 Å². The summed E-state index contributed by atoms with van der Waals surface area (Å²) in [6, 6.07) is 7.96. The predicted molar refractivity (Wildman–Crippen MR) is 68.1 cm³/mol. The van der Waals surface area contributed by atoms with Gasteiger partial charge in [0.15, 0.2) is 0 Å². The summed E-state index contributed by atoms with van der Waals surface area (Å²) in [6.45, 7) is 5.36. The molecule has 1 amide bonds. The largest absolute Gasteiger partial charge is 0.352 e. The maximum Gasteiger partial charge on any atom is 0.223 e. The van der Waals surface area contributed by atoms with Crippen molar-refractivity contribution in [2.45, 2.75) is 33.4 Å². The Morgan fingerprint density at radius 1 is 1.41 bits per heavy atom. The molecule has 92 valence electrons. The predicted octanol–water partition coefficient (Wildman–Crippen LogP) is 1.81. The number of benzene rings is 1. The molecule has 1 saturated carbocycles. The molecule has 1 unspecified atom stereocenters. The minimum Gasteiger partial charge on any atom is -0.352 e. The summed E-state index contributed by atoms with van der Waals surface area (Å²) in [5, 5.41) is 3.00. The van der Waals surface area contributed by atoms with Crippen LogP contribution in [0.15, 0.2) is 24.3 Å². The summed E-state index contributed by atoms with van der Waals surface area (Å²) in [6.07, 6.45) is 0.997. The normalized spacial score (nSPS) is 21.0. The van der Waals surface area contributed by atoms with Crippen LogP contribution < -0.4 is 11.1 Å². The molecule has 0 radical (unpaired) electrons. The molecule has 0 aromatic heterocycles. The lowest BCUT2D eigenvalue weighted by atomic mass is 10.1. The summed E-state index contributed by atoms with van der Waals surface area (Å²) in [5.74, 6) is 0.356. The van der Waals surface area contributed by atoms with Crippen LogP contribution in [0, 0.1) is 11.3 Å². The third kappa shape index (κ3) is 2.67. The van der Waals surface area contributed by atoms with Crippen LogP contribution in [0.25, 0.3) is 0 Å². The zero-order valence-corrected chi connectivity index (χ0v) is 10.5. The van der Waals surface area contributed by atoms with E-state index in [9.17, 15) is 4.79 Å². The van der Waals surface area contributed by atoms with Crippen LogP contribution in [0.5, 0.6) is 0 Å². The lowest BCUT2D eigenvalue weighted by molar-refractivity contribution is -0.123. The highest BCUT2D eigenvalue weighted by Gasteiger charge is 2.50. The van der Waals surface area contributed by atoms with Gasteiger partial charge in [-0.2, -0.15) is 0 Å². The molecule has 1 aromatic carbocycles. The van der Waals surface area contributed by atoms with Crippen molar-refractivity contribution in [3.8, 4) is 0 Å². The lowest BCUT2D eigenvalue weighted by Gasteiger charge is -2.10. The highest BCUT2D eigenvalue weighted by molar-refractivity contribution is 5.82. The molecule has 0 spiro atoms. The Balaban J connectivity index is 1.92. The van der Waals surface area contributed by atoms with E-state index in [0.717, 1.165) is 17.5 Å². The van der Waals surface area contributed by atoms with Crippen molar-refractivity contribution in [2.75, 3.05) is 0 Å². The van der Waals surface area contributed by atoms with E-state index in [4.69, 9.17) is 5.73 Å². The van der Waals surface area contributed by atoms with Gasteiger partial charge in [-0.05, 0) is 23.0 Å². The van der Waals surface area contributed by atoms with Crippen LogP contribution >= 0.6 is 0 Å². The molecule has 17 heavy (non-hydrogen) atoms. The van der Waals surface area contributed by atoms with E-state index in [1.165, 1.54) is 0 Å². The standard InChI is InChI=1S/C14H20N2O/c1-14(2)7-12(14)13(17)16-9-11-6-4-3-5-10(11)8-15/h3-6,12H,7-9,15H2,1-2H3,(H,16,17). The Hall–Kier alpha value is -1.35. The van der Waals surface area contributed by atoms with Gasteiger partial charge >= 0.3 is 0 Å². The van der Waals surface area contributed by atoms with Crippen LogP contribution in [0.4, 0.5) is 0 Å². The van der Waals surface area contributed by atoms with Gasteiger partial charge in [-0.3, -0.25) is 4.79 Å². The number of carbonyl (C=O) groups excluding carboxylic acids is 1. The molecular formula is C14H20N2O. The van der Waals surface area contributed by atoms with Crippen molar-refractivity contribution in [1.29, 1.82) is 0 Å². The van der Waals surface area contributed by atoms with Crippen LogP contribution in [0.1, 0.15) is 31.4 Å². The molecule has 1 aromatic rings. The van der Waals surface area contributed by atoms with Gasteiger partial charge in [0.25, 0.3) is 0 Å². The summed E-state index contributed by atoms with van der Waals surface area (Å²) in [7, 11) is 0. The van der Waals surface area contributed by atoms with Gasteiger partial charge in [0.05, 0.1) is 0 Å². The smallest absolute Gasteiger partial charge is 0.223 e. The maximum atomic E-state index is 11.9. The van der Waals surface area contributed by atoms with Crippen molar-refractivity contribution in [3.05, 3.63) is 35.4 Å². The number of nitrogens with one attached hydrogen (secondary N) is 1.